The van der Waals surface area contributed by atoms with Crippen LogP contribution in [0.4, 0.5) is 0 Å². The Bertz CT molecular complexity index is 337. The van der Waals surface area contributed by atoms with Gasteiger partial charge < -0.3 is 4.74 Å². The molecule has 0 bridgehead atoms. The summed E-state index contributed by atoms with van der Waals surface area (Å²) in [7, 11) is 1.66. The largest absolute Gasteiger partial charge is 0.496 e. The van der Waals surface area contributed by atoms with Crippen molar-refractivity contribution in [3.05, 3.63) is 42.0 Å². The number of hydrogen-bond acceptors (Lipinski definition) is 1. The van der Waals surface area contributed by atoms with Crippen LogP contribution in [0.3, 0.4) is 0 Å². The van der Waals surface area contributed by atoms with Gasteiger partial charge in [0.1, 0.15) is 5.75 Å². The van der Waals surface area contributed by atoms with Crippen molar-refractivity contribution < 1.29 is 4.74 Å². The van der Waals surface area contributed by atoms with Gasteiger partial charge in [-0.3, -0.25) is 0 Å². The zero-order valence-electron chi connectivity index (χ0n) is 8.13. The lowest BCUT2D eigenvalue weighted by Crippen LogP contribution is -1.90. The number of rotatable bonds is 3. The minimum atomic E-state index is 0.843. The van der Waals surface area contributed by atoms with Crippen molar-refractivity contribution in [1.29, 1.82) is 0 Å². The van der Waals surface area contributed by atoms with E-state index < -0.39 is 0 Å². The predicted octanol–water partition coefficient (Wildman–Crippen LogP) is 3.29. The summed E-state index contributed by atoms with van der Waals surface area (Å²) in [5.74, 6) is 0.843. The molecule has 0 aliphatic rings. The van der Waals surface area contributed by atoms with Crippen molar-refractivity contribution in [2.45, 2.75) is 6.92 Å². The van der Waals surface area contributed by atoms with Crippen LogP contribution >= 0.6 is 0 Å². The molecule has 1 nitrogen and oxygen atoms in total. The van der Waals surface area contributed by atoms with Crippen LogP contribution in [-0.4, -0.2) is 7.11 Å². The molecular weight excluding hydrogens is 160 g/mol. The van der Waals surface area contributed by atoms with Gasteiger partial charge in [0.05, 0.1) is 7.11 Å². The SMILES string of the molecule is C=Cc1cc(OC)c(C=C)cc1C. The molecule has 0 atom stereocenters. The first kappa shape index (κ1) is 9.59. The Morgan fingerprint density at radius 3 is 2.23 bits per heavy atom. The third-order valence-electron chi connectivity index (χ3n) is 2.06. The smallest absolute Gasteiger partial charge is 0.126 e. The molecule has 68 valence electrons. The van der Waals surface area contributed by atoms with E-state index in [1.807, 2.05) is 25.1 Å². The Morgan fingerprint density at radius 1 is 1.15 bits per heavy atom. The maximum Gasteiger partial charge on any atom is 0.126 e. The van der Waals surface area contributed by atoms with Gasteiger partial charge in [-0.25, -0.2) is 0 Å². The van der Waals surface area contributed by atoms with Crippen LogP contribution in [0.1, 0.15) is 16.7 Å². The van der Waals surface area contributed by atoms with Gasteiger partial charge in [0.2, 0.25) is 0 Å². The van der Waals surface area contributed by atoms with Crippen molar-refractivity contribution in [3.8, 4) is 5.75 Å². The van der Waals surface area contributed by atoms with E-state index in [2.05, 4.69) is 13.2 Å². The topological polar surface area (TPSA) is 9.23 Å². The summed E-state index contributed by atoms with van der Waals surface area (Å²) in [6.07, 6.45) is 3.61. The molecule has 0 aromatic heterocycles. The van der Waals surface area contributed by atoms with Crippen LogP contribution < -0.4 is 4.74 Å². The Labute approximate surface area is 79.4 Å². The third kappa shape index (κ3) is 1.81. The van der Waals surface area contributed by atoms with Gasteiger partial charge in [-0.15, -0.1) is 0 Å². The van der Waals surface area contributed by atoms with Crippen molar-refractivity contribution in [2.75, 3.05) is 7.11 Å². The Morgan fingerprint density at radius 2 is 1.77 bits per heavy atom. The van der Waals surface area contributed by atoms with Crippen molar-refractivity contribution in [3.63, 3.8) is 0 Å². The van der Waals surface area contributed by atoms with Crippen LogP contribution in [0.25, 0.3) is 12.2 Å². The van der Waals surface area contributed by atoms with Crippen molar-refractivity contribution in [1.82, 2.24) is 0 Å². The molecule has 0 amide bonds. The Balaban J connectivity index is 3.34. The van der Waals surface area contributed by atoms with Crippen LogP contribution in [0, 0.1) is 6.92 Å². The lowest BCUT2D eigenvalue weighted by atomic mass is 10.0. The second kappa shape index (κ2) is 3.94. The fourth-order valence-corrected chi connectivity index (χ4v) is 1.28. The normalized spacial score (nSPS) is 9.38. The molecule has 0 aliphatic heterocycles. The molecule has 0 spiro atoms. The highest BCUT2D eigenvalue weighted by molar-refractivity contribution is 5.64. The van der Waals surface area contributed by atoms with Gasteiger partial charge in [0, 0.05) is 5.56 Å². The Kier molecular flexibility index (Phi) is 2.91. The summed E-state index contributed by atoms with van der Waals surface area (Å²) in [5.41, 5.74) is 3.30. The summed E-state index contributed by atoms with van der Waals surface area (Å²) in [6, 6.07) is 4.02. The van der Waals surface area contributed by atoms with E-state index in [1.165, 1.54) is 5.56 Å². The molecule has 0 N–H and O–H groups in total. The molecule has 1 aromatic rings. The van der Waals surface area contributed by atoms with Gasteiger partial charge in [-0.05, 0) is 30.2 Å². The number of ether oxygens (including phenoxy) is 1. The molecule has 1 rings (SSSR count). The summed E-state index contributed by atoms with van der Waals surface area (Å²) < 4.78 is 5.21. The van der Waals surface area contributed by atoms with Gasteiger partial charge in [-0.2, -0.15) is 0 Å². The maximum atomic E-state index is 5.21. The lowest BCUT2D eigenvalue weighted by molar-refractivity contribution is 0.413. The third-order valence-corrected chi connectivity index (χ3v) is 2.06. The highest BCUT2D eigenvalue weighted by Crippen LogP contribution is 2.24. The standard InChI is InChI=1S/C12H14O/c1-5-10-8-12(13-4)11(6-2)7-9(10)3/h5-8H,1-2H2,3-4H3. The summed E-state index contributed by atoms with van der Waals surface area (Å²) in [6.45, 7) is 9.52. The fourth-order valence-electron chi connectivity index (χ4n) is 1.28. The van der Waals surface area contributed by atoms with E-state index in [0.717, 1.165) is 16.9 Å². The molecule has 0 fully saturated rings. The fraction of sp³-hybridized carbons (Fsp3) is 0.167. The highest BCUT2D eigenvalue weighted by atomic mass is 16.5. The molecular formula is C12H14O. The molecule has 1 aromatic carbocycles. The molecule has 1 heteroatoms. The molecule has 0 saturated heterocycles. The quantitative estimate of drug-likeness (QED) is 0.683. The van der Waals surface area contributed by atoms with Gasteiger partial charge >= 0.3 is 0 Å². The van der Waals surface area contributed by atoms with Gasteiger partial charge in [0.15, 0.2) is 0 Å². The Hall–Kier alpha value is -1.50. The average Bonchev–Trinajstić information content (AvgIpc) is 2.17. The molecule has 13 heavy (non-hydrogen) atoms. The van der Waals surface area contributed by atoms with E-state index in [0.29, 0.717) is 0 Å². The van der Waals surface area contributed by atoms with E-state index in [1.54, 1.807) is 13.2 Å². The predicted molar refractivity (Wildman–Crippen MR) is 57.9 cm³/mol. The number of benzene rings is 1. The summed E-state index contributed by atoms with van der Waals surface area (Å²) in [5, 5.41) is 0. The van der Waals surface area contributed by atoms with Gasteiger partial charge in [0.25, 0.3) is 0 Å². The second-order valence-corrected chi connectivity index (χ2v) is 2.86. The first-order chi connectivity index (χ1) is 6.22. The monoisotopic (exact) mass is 174 g/mol. The van der Waals surface area contributed by atoms with Gasteiger partial charge in [-0.1, -0.05) is 25.3 Å². The first-order valence-electron chi connectivity index (χ1n) is 4.16. The minimum Gasteiger partial charge on any atom is -0.496 e. The number of methoxy groups -OCH3 is 1. The average molecular weight is 174 g/mol. The van der Waals surface area contributed by atoms with Crippen molar-refractivity contribution >= 4 is 12.2 Å². The van der Waals surface area contributed by atoms with Crippen LogP contribution in [0.15, 0.2) is 25.3 Å². The van der Waals surface area contributed by atoms with E-state index >= 15 is 0 Å². The lowest BCUT2D eigenvalue weighted by Gasteiger charge is -2.08. The molecule has 0 heterocycles. The minimum absolute atomic E-state index is 0.843. The maximum absolute atomic E-state index is 5.21. The molecule has 0 unspecified atom stereocenters. The van der Waals surface area contributed by atoms with E-state index in [-0.39, 0.29) is 0 Å². The molecule has 0 radical (unpaired) electrons. The number of aryl methyl sites for hydroxylation is 1. The second-order valence-electron chi connectivity index (χ2n) is 2.86. The van der Waals surface area contributed by atoms with Crippen LogP contribution in [0.2, 0.25) is 0 Å². The zero-order chi connectivity index (χ0) is 9.84. The molecule has 0 aliphatic carbocycles. The zero-order valence-corrected chi connectivity index (χ0v) is 8.13. The van der Waals surface area contributed by atoms with Crippen molar-refractivity contribution in [2.24, 2.45) is 0 Å². The van der Waals surface area contributed by atoms with Crippen LogP contribution in [-0.2, 0) is 0 Å². The molecule has 0 saturated carbocycles. The number of hydrogen-bond donors (Lipinski definition) is 0. The highest BCUT2D eigenvalue weighted by Gasteiger charge is 2.02. The summed E-state index contributed by atoms with van der Waals surface area (Å²) >= 11 is 0. The van der Waals surface area contributed by atoms with Crippen LogP contribution in [0.5, 0.6) is 5.75 Å². The summed E-state index contributed by atoms with van der Waals surface area (Å²) in [4.78, 5) is 0. The first-order valence-corrected chi connectivity index (χ1v) is 4.16. The van der Waals surface area contributed by atoms with E-state index in [9.17, 15) is 0 Å². The van der Waals surface area contributed by atoms with E-state index in [4.69, 9.17) is 4.74 Å².